The Balaban J connectivity index is 1.75. The summed E-state index contributed by atoms with van der Waals surface area (Å²) in [5, 5.41) is 0. The van der Waals surface area contributed by atoms with Gasteiger partial charge in [0.15, 0.2) is 0 Å². The van der Waals surface area contributed by atoms with Gasteiger partial charge in [0.25, 0.3) is 0 Å². The SMILES string of the molecule is C=CC1=CC=C2C3=CCC4CCCC[C@]4(C)[C@H]3CC[C@]12C. The van der Waals surface area contributed by atoms with Crippen molar-refractivity contribution in [2.75, 3.05) is 0 Å². The summed E-state index contributed by atoms with van der Waals surface area (Å²) in [7, 11) is 0. The van der Waals surface area contributed by atoms with Crippen molar-refractivity contribution in [3.63, 3.8) is 0 Å². The molecule has 4 rings (SSSR count). The zero-order chi connectivity index (χ0) is 14.7. The molecule has 1 unspecified atom stereocenters. The molecule has 2 saturated carbocycles. The fraction of sp³-hybridized carbons (Fsp3) is 0.619. The summed E-state index contributed by atoms with van der Waals surface area (Å²) < 4.78 is 0. The predicted octanol–water partition coefficient (Wildman–Crippen LogP) is 5.98. The second-order valence-electron chi connectivity index (χ2n) is 8.17. The average molecular weight is 280 g/mol. The van der Waals surface area contributed by atoms with Crippen molar-refractivity contribution in [1.29, 1.82) is 0 Å². The number of rotatable bonds is 1. The average Bonchev–Trinajstić information content (AvgIpc) is 2.83. The third-order valence-corrected chi connectivity index (χ3v) is 7.37. The van der Waals surface area contributed by atoms with Crippen LogP contribution in [0.25, 0.3) is 0 Å². The van der Waals surface area contributed by atoms with E-state index in [2.05, 4.69) is 44.7 Å². The molecule has 0 heteroatoms. The van der Waals surface area contributed by atoms with Crippen LogP contribution in [0.1, 0.15) is 58.8 Å². The van der Waals surface area contributed by atoms with Gasteiger partial charge in [0.2, 0.25) is 0 Å². The molecule has 0 N–H and O–H groups in total. The molecule has 4 atom stereocenters. The molecule has 4 aliphatic rings. The molecule has 0 aromatic heterocycles. The van der Waals surface area contributed by atoms with Crippen LogP contribution >= 0.6 is 0 Å². The van der Waals surface area contributed by atoms with E-state index in [0.29, 0.717) is 5.41 Å². The Hall–Kier alpha value is -1.04. The van der Waals surface area contributed by atoms with E-state index in [1.807, 2.05) is 0 Å². The molecule has 0 nitrogen and oxygen atoms in total. The maximum absolute atomic E-state index is 4.04. The number of hydrogen-bond donors (Lipinski definition) is 0. The van der Waals surface area contributed by atoms with Gasteiger partial charge in [0.05, 0.1) is 0 Å². The Kier molecular flexibility index (Phi) is 2.90. The molecule has 0 aromatic rings. The number of hydrogen-bond acceptors (Lipinski definition) is 0. The van der Waals surface area contributed by atoms with Crippen molar-refractivity contribution in [3.8, 4) is 0 Å². The lowest BCUT2D eigenvalue weighted by Gasteiger charge is -2.55. The number of fused-ring (bicyclic) bond motifs is 5. The molecule has 2 fully saturated rings. The molecule has 0 bridgehead atoms. The Morgan fingerprint density at radius 1 is 1.14 bits per heavy atom. The van der Waals surface area contributed by atoms with E-state index in [4.69, 9.17) is 0 Å². The van der Waals surface area contributed by atoms with E-state index in [9.17, 15) is 0 Å². The van der Waals surface area contributed by atoms with E-state index in [0.717, 1.165) is 11.8 Å². The van der Waals surface area contributed by atoms with Gasteiger partial charge in [-0.25, -0.2) is 0 Å². The van der Waals surface area contributed by atoms with Gasteiger partial charge >= 0.3 is 0 Å². The van der Waals surface area contributed by atoms with E-state index in [1.165, 1.54) is 50.5 Å². The molecule has 0 heterocycles. The molecule has 0 amide bonds. The smallest absolute Gasteiger partial charge is 0.0177 e. The summed E-state index contributed by atoms with van der Waals surface area (Å²) in [5.41, 5.74) is 5.59. The van der Waals surface area contributed by atoms with Crippen LogP contribution in [0, 0.1) is 22.7 Å². The Morgan fingerprint density at radius 3 is 2.81 bits per heavy atom. The van der Waals surface area contributed by atoms with Gasteiger partial charge in [-0.3, -0.25) is 0 Å². The Bertz CT molecular complexity index is 573. The lowest BCUT2D eigenvalue weighted by molar-refractivity contribution is 0.0365. The highest BCUT2D eigenvalue weighted by Gasteiger charge is 2.52. The number of allylic oxidation sites excluding steroid dienone is 7. The minimum absolute atomic E-state index is 0.252. The third-order valence-electron chi connectivity index (χ3n) is 7.37. The molecule has 112 valence electrons. The maximum atomic E-state index is 4.04. The quantitative estimate of drug-likeness (QED) is 0.554. The maximum Gasteiger partial charge on any atom is 0.0177 e. The minimum Gasteiger partial charge on any atom is -0.0988 e. The second kappa shape index (κ2) is 4.48. The van der Waals surface area contributed by atoms with Crippen LogP contribution in [-0.2, 0) is 0 Å². The molecule has 4 aliphatic carbocycles. The van der Waals surface area contributed by atoms with Gasteiger partial charge in [-0.1, -0.05) is 57.6 Å². The standard InChI is InChI=1S/C21H28/c1-4-15-9-11-18-17-10-8-16-7-5-6-13-20(16,2)19(17)12-14-21(15,18)3/h4,9-11,16,19H,1,5-8,12-14H2,2-3H3/t16?,19-,20-,21+/m0/s1. The highest BCUT2D eigenvalue weighted by molar-refractivity contribution is 5.56. The third kappa shape index (κ3) is 1.68. The summed E-state index contributed by atoms with van der Waals surface area (Å²) in [6.45, 7) is 9.08. The van der Waals surface area contributed by atoms with Crippen LogP contribution in [0.5, 0.6) is 0 Å². The summed E-state index contributed by atoms with van der Waals surface area (Å²) in [6.07, 6.45) is 19.2. The van der Waals surface area contributed by atoms with E-state index in [-0.39, 0.29) is 5.41 Å². The summed E-state index contributed by atoms with van der Waals surface area (Å²) >= 11 is 0. The fourth-order valence-electron chi connectivity index (χ4n) is 5.94. The van der Waals surface area contributed by atoms with Crippen LogP contribution in [-0.4, -0.2) is 0 Å². The molecule has 0 spiro atoms. The van der Waals surface area contributed by atoms with Crippen molar-refractivity contribution in [2.45, 2.75) is 58.8 Å². The van der Waals surface area contributed by atoms with Gasteiger partial charge in [-0.05, 0) is 66.1 Å². The van der Waals surface area contributed by atoms with Crippen molar-refractivity contribution in [3.05, 3.63) is 47.6 Å². The largest absolute Gasteiger partial charge is 0.0988 e. The summed E-state index contributed by atoms with van der Waals surface area (Å²) in [5.74, 6) is 1.76. The first-order valence-electron chi connectivity index (χ1n) is 8.85. The van der Waals surface area contributed by atoms with Crippen molar-refractivity contribution >= 4 is 0 Å². The zero-order valence-corrected chi connectivity index (χ0v) is 13.6. The summed E-state index contributed by atoms with van der Waals surface area (Å²) in [4.78, 5) is 0. The van der Waals surface area contributed by atoms with Gasteiger partial charge in [0, 0.05) is 5.41 Å². The molecule has 0 radical (unpaired) electrons. The monoisotopic (exact) mass is 280 g/mol. The van der Waals surface area contributed by atoms with Crippen LogP contribution < -0.4 is 0 Å². The first-order valence-corrected chi connectivity index (χ1v) is 8.85. The lowest BCUT2D eigenvalue weighted by Crippen LogP contribution is -2.45. The fourth-order valence-corrected chi connectivity index (χ4v) is 5.94. The van der Waals surface area contributed by atoms with Gasteiger partial charge in [-0.15, -0.1) is 0 Å². The molecule has 0 aliphatic heterocycles. The second-order valence-corrected chi connectivity index (χ2v) is 8.17. The molecular formula is C21H28. The predicted molar refractivity (Wildman–Crippen MR) is 90.0 cm³/mol. The van der Waals surface area contributed by atoms with Gasteiger partial charge in [-0.2, -0.15) is 0 Å². The van der Waals surface area contributed by atoms with E-state index >= 15 is 0 Å². The van der Waals surface area contributed by atoms with E-state index < -0.39 is 0 Å². The molecular weight excluding hydrogens is 252 g/mol. The van der Waals surface area contributed by atoms with Crippen LogP contribution in [0.2, 0.25) is 0 Å². The minimum atomic E-state index is 0.252. The first kappa shape index (κ1) is 13.6. The summed E-state index contributed by atoms with van der Waals surface area (Å²) in [6, 6.07) is 0. The Labute approximate surface area is 129 Å². The van der Waals surface area contributed by atoms with E-state index in [1.54, 1.807) is 11.1 Å². The topological polar surface area (TPSA) is 0 Å². The zero-order valence-electron chi connectivity index (χ0n) is 13.6. The highest BCUT2D eigenvalue weighted by Crippen LogP contribution is 2.63. The van der Waals surface area contributed by atoms with Gasteiger partial charge in [0.1, 0.15) is 0 Å². The first-order chi connectivity index (χ1) is 10.1. The highest BCUT2D eigenvalue weighted by atomic mass is 14.6. The van der Waals surface area contributed by atoms with Crippen LogP contribution in [0.3, 0.4) is 0 Å². The van der Waals surface area contributed by atoms with Crippen molar-refractivity contribution in [2.24, 2.45) is 22.7 Å². The molecule has 21 heavy (non-hydrogen) atoms. The molecule has 0 saturated heterocycles. The van der Waals surface area contributed by atoms with Crippen molar-refractivity contribution < 1.29 is 0 Å². The van der Waals surface area contributed by atoms with Crippen LogP contribution in [0.4, 0.5) is 0 Å². The normalized spacial score (nSPS) is 44.8. The van der Waals surface area contributed by atoms with Crippen molar-refractivity contribution in [1.82, 2.24) is 0 Å². The van der Waals surface area contributed by atoms with Crippen LogP contribution in [0.15, 0.2) is 47.6 Å². The lowest BCUT2D eigenvalue weighted by atomic mass is 9.49. The molecule has 0 aromatic carbocycles. The Morgan fingerprint density at radius 2 is 2.00 bits per heavy atom. The van der Waals surface area contributed by atoms with Gasteiger partial charge < -0.3 is 0 Å².